The van der Waals surface area contributed by atoms with Crippen molar-refractivity contribution in [1.29, 1.82) is 5.26 Å². The molecule has 3 aromatic rings. The van der Waals surface area contributed by atoms with Crippen LogP contribution in [0.25, 0.3) is 22.0 Å². The van der Waals surface area contributed by atoms with E-state index in [0.29, 0.717) is 5.56 Å². The van der Waals surface area contributed by atoms with Gasteiger partial charge in [0.2, 0.25) is 0 Å². The van der Waals surface area contributed by atoms with Crippen LogP contribution >= 0.6 is 11.3 Å². The molecule has 0 N–H and O–H groups in total. The van der Waals surface area contributed by atoms with E-state index in [2.05, 4.69) is 29.0 Å². The molecule has 0 atom stereocenters. The molecule has 0 fully saturated rings. The van der Waals surface area contributed by atoms with E-state index in [1.807, 2.05) is 35.7 Å². The number of nitriles is 1. The first-order valence-corrected chi connectivity index (χ1v) is 7.60. The largest absolute Gasteiger partial charge is 0.253 e. The lowest BCUT2D eigenvalue weighted by atomic mass is 10.1. The van der Waals surface area contributed by atoms with Crippen molar-refractivity contribution < 1.29 is 0 Å². The minimum Gasteiger partial charge on any atom is -0.253 e. The van der Waals surface area contributed by atoms with Crippen molar-refractivity contribution in [1.82, 2.24) is 9.97 Å². The average molecular weight is 291 g/mol. The first-order valence-electron chi connectivity index (χ1n) is 6.72. The van der Waals surface area contributed by atoms with Gasteiger partial charge in [0, 0.05) is 17.1 Å². The molecule has 0 amide bonds. The van der Waals surface area contributed by atoms with Gasteiger partial charge < -0.3 is 0 Å². The number of hydrogen-bond donors (Lipinski definition) is 0. The fraction of sp³-hybridized carbons (Fsp3) is 0.118. The molecular weight excluding hydrogens is 278 g/mol. The first-order chi connectivity index (χ1) is 10.3. The van der Waals surface area contributed by atoms with Crippen molar-refractivity contribution in [3.63, 3.8) is 0 Å². The SMILES string of the molecule is CCc1cccnc1-c1nc(-c2ccc(C#N)cc2)cs1. The number of benzene rings is 1. The molecule has 4 heteroatoms. The Kier molecular flexibility index (Phi) is 3.76. The molecule has 0 aliphatic carbocycles. The van der Waals surface area contributed by atoms with Gasteiger partial charge in [0.1, 0.15) is 10.7 Å². The highest BCUT2D eigenvalue weighted by molar-refractivity contribution is 7.13. The molecular formula is C17H13N3S. The van der Waals surface area contributed by atoms with Crippen LogP contribution in [0.1, 0.15) is 18.1 Å². The van der Waals surface area contributed by atoms with Crippen LogP contribution in [0.15, 0.2) is 48.0 Å². The van der Waals surface area contributed by atoms with Crippen molar-refractivity contribution >= 4 is 11.3 Å². The number of rotatable bonds is 3. The molecule has 102 valence electrons. The molecule has 0 unspecified atom stereocenters. The zero-order chi connectivity index (χ0) is 14.7. The van der Waals surface area contributed by atoms with Crippen molar-refractivity contribution in [3.8, 4) is 28.0 Å². The van der Waals surface area contributed by atoms with Gasteiger partial charge in [0.25, 0.3) is 0 Å². The number of aromatic nitrogens is 2. The van der Waals surface area contributed by atoms with Gasteiger partial charge in [-0.05, 0) is 30.2 Å². The summed E-state index contributed by atoms with van der Waals surface area (Å²) in [6.45, 7) is 2.12. The Balaban J connectivity index is 1.98. The maximum absolute atomic E-state index is 8.84. The molecule has 0 saturated heterocycles. The van der Waals surface area contributed by atoms with E-state index in [4.69, 9.17) is 5.26 Å². The molecule has 0 radical (unpaired) electrons. The lowest BCUT2D eigenvalue weighted by Gasteiger charge is -2.02. The Morgan fingerprint density at radius 1 is 1.19 bits per heavy atom. The van der Waals surface area contributed by atoms with E-state index in [-0.39, 0.29) is 0 Å². The number of thiazole rings is 1. The van der Waals surface area contributed by atoms with Crippen molar-refractivity contribution in [3.05, 3.63) is 59.1 Å². The quantitative estimate of drug-likeness (QED) is 0.722. The Morgan fingerprint density at radius 3 is 2.71 bits per heavy atom. The zero-order valence-corrected chi connectivity index (χ0v) is 12.4. The van der Waals surface area contributed by atoms with Gasteiger partial charge in [-0.3, -0.25) is 4.98 Å². The Hall–Kier alpha value is -2.51. The van der Waals surface area contributed by atoms with Crippen molar-refractivity contribution in [2.24, 2.45) is 0 Å². The maximum Gasteiger partial charge on any atom is 0.142 e. The van der Waals surface area contributed by atoms with E-state index in [1.165, 1.54) is 5.56 Å². The van der Waals surface area contributed by atoms with Gasteiger partial charge in [-0.1, -0.05) is 25.1 Å². The summed E-state index contributed by atoms with van der Waals surface area (Å²) < 4.78 is 0. The molecule has 2 heterocycles. The normalized spacial score (nSPS) is 10.3. The molecule has 0 aliphatic heterocycles. The van der Waals surface area contributed by atoms with Crippen LogP contribution in [-0.4, -0.2) is 9.97 Å². The molecule has 0 bridgehead atoms. The standard InChI is InChI=1S/C17H13N3S/c1-2-13-4-3-9-19-16(13)17-20-15(11-21-17)14-7-5-12(10-18)6-8-14/h3-9,11H,2H2,1H3. The Labute approximate surface area is 127 Å². The van der Waals surface area contributed by atoms with E-state index >= 15 is 0 Å². The second-order valence-corrected chi connectivity index (χ2v) is 5.45. The fourth-order valence-corrected chi connectivity index (χ4v) is 3.01. The van der Waals surface area contributed by atoms with Crippen LogP contribution in [0.2, 0.25) is 0 Å². The fourth-order valence-electron chi connectivity index (χ4n) is 2.15. The predicted molar refractivity (Wildman–Crippen MR) is 84.9 cm³/mol. The summed E-state index contributed by atoms with van der Waals surface area (Å²) in [5.74, 6) is 0. The lowest BCUT2D eigenvalue weighted by Crippen LogP contribution is -1.90. The average Bonchev–Trinajstić information content (AvgIpc) is 3.04. The number of aryl methyl sites for hydroxylation is 1. The van der Waals surface area contributed by atoms with Crippen LogP contribution < -0.4 is 0 Å². The zero-order valence-electron chi connectivity index (χ0n) is 11.6. The van der Waals surface area contributed by atoms with Crippen LogP contribution in [0, 0.1) is 11.3 Å². The van der Waals surface area contributed by atoms with E-state index < -0.39 is 0 Å². The maximum atomic E-state index is 8.84. The third kappa shape index (κ3) is 2.69. The highest BCUT2D eigenvalue weighted by Crippen LogP contribution is 2.29. The monoisotopic (exact) mass is 291 g/mol. The van der Waals surface area contributed by atoms with E-state index in [1.54, 1.807) is 17.5 Å². The summed E-state index contributed by atoms with van der Waals surface area (Å²) in [6.07, 6.45) is 2.74. The summed E-state index contributed by atoms with van der Waals surface area (Å²) in [7, 11) is 0. The molecule has 21 heavy (non-hydrogen) atoms. The van der Waals surface area contributed by atoms with Gasteiger partial charge in [-0.25, -0.2) is 4.98 Å². The summed E-state index contributed by atoms with van der Waals surface area (Å²) in [5, 5.41) is 11.8. The van der Waals surface area contributed by atoms with Gasteiger partial charge in [0.15, 0.2) is 0 Å². The van der Waals surface area contributed by atoms with Gasteiger partial charge in [0.05, 0.1) is 17.3 Å². The van der Waals surface area contributed by atoms with E-state index in [0.717, 1.165) is 28.4 Å². The molecule has 0 aliphatic rings. The smallest absolute Gasteiger partial charge is 0.142 e. The second kappa shape index (κ2) is 5.86. The van der Waals surface area contributed by atoms with Gasteiger partial charge in [-0.2, -0.15) is 5.26 Å². The van der Waals surface area contributed by atoms with Crippen molar-refractivity contribution in [2.45, 2.75) is 13.3 Å². The first kappa shape index (κ1) is 13.5. The van der Waals surface area contributed by atoms with Crippen LogP contribution in [0.3, 0.4) is 0 Å². The van der Waals surface area contributed by atoms with Crippen LogP contribution in [-0.2, 0) is 6.42 Å². The topological polar surface area (TPSA) is 49.6 Å². The minimum atomic E-state index is 0.659. The third-order valence-corrected chi connectivity index (χ3v) is 4.14. The molecule has 2 aromatic heterocycles. The van der Waals surface area contributed by atoms with Gasteiger partial charge in [-0.15, -0.1) is 11.3 Å². The minimum absolute atomic E-state index is 0.659. The lowest BCUT2D eigenvalue weighted by molar-refractivity contribution is 1.10. The van der Waals surface area contributed by atoms with Crippen LogP contribution in [0.5, 0.6) is 0 Å². The number of hydrogen-bond acceptors (Lipinski definition) is 4. The summed E-state index contributed by atoms with van der Waals surface area (Å²) in [5.41, 5.74) is 4.77. The van der Waals surface area contributed by atoms with Crippen LogP contribution in [0.4, 0.5) is 0 Å². The number of pyridine rings is 1. The Morgan fingerprint density at radius 2 is 2.00 bits per heavy atom. The third-order valence-electron chi connectivity index (χ3n) is 3.29. The Bertz CT molecular complexity index is 797. The highest BCUT2D eigenvalue weighted by Gasteiger charge is 2.10. The molecule has 3 rings (SSSR count). The highest BCUT2D eigenvalue weighted by atomic mass is 32.1. The molecule has 1 aromatic carbocycles. The van der Waals surface area contributed by atoms with Gasteiger partial charge >= 0.3 is 0 Å². The second-order valence-electron chi connectivity index (χ2n) is 4.59. The molecule has 3 nitrogen and oxygen atoms in total. The predicted octanol–water partition coefficient (Wildman–Crippen LogP) is 4.31. The van der Waals surface area contributed by atoms with Crippen molar-refractivity contribution in [2.75, 3.05) is 0 Å². The van der Waals surface area contributed by atoms with E-state index in [9.17, 15) is 0 Å². The molecule has 0 saturated carbocycles. The summed E-state index contributed by atoms with van der Waals surface area (Å²) in [6, 6.07) is 13.6. The molecule has 0 spiro atoms. The number of nitrogens with zero attached hydrogens (tertiary/aromatic N) is 3. The summed E-state index contributed by atoms with van der Waals surface area (Å²) >= 11 is 1.60. The summed E-state index contributed by atoms with van der Waals surface area (Å²) in [4.78, 5) is 9.15.